The van der Waals surface area contributed by atoms with Crippen molar-refractivity contribution >= 4 is 46.0 Å². The molecule has 1 rings (SSSR count). The number of hydrogen-bond acceptors (Lipinski definition) is 4. The largest absolute Gasteiger partial charge is 2.00 e. The Labute approximate surface area is 173 Å². The van der Waals surface area contributed by atoms with Crippen LogP contribution >= 0.6 is 8.25 Å². The second-order valence-electron chi connectivity index (χ2n) is 7.45. The third kappa shape index (κ3) is 6.97. The average molecular weight is 369 g/mol. The van der Waals surface area contributed by atoms with Crippen LogP contribution in [0, 0.1) is 0 Å². The maximum absolute atomic E-state index is 11.5. The molecule has 0 bridgehead atoms. The van der Waals surface area contributed by atoms with Gasteiger partial charge in [0.05, 0.1) is 0 Å². The molecule has 1 aromatic rings. The number of phenols is 1. The molecular weight excluding hydrogens is 339 g/mol. The normalized spacial score (nSPS) is 12.7. The molecule has 1 atom stereocenters. The van der Waals surface area contributed by atoms with Crippen LogP contribution in [-0.2, 0) is 31.0 Å². The molecular formula is C17H30CaO4P+. The molecule has 128 valence electrons. The summed E-state index contributed by atoms with van der Waals surface area (Å²) >= 11 is 0. The van der Waals surface area contributed by atoms with Crippen LogP contribution in [0.1, 0.15) is 68.0 Å². The van der Waals surface area contributed by atoms with Crippen LogP contribution in [0.3, 0.4) is 0 Å². The third-order valence-electron chi connectivity index (χ3n) is 3.36. The molecule has 0 saturated heterocycles. The Morgan fingerprint density at radius 3 is 1.83 bits per heavy atom. The maximum atomic E-state index is 11.5. The zero-order valence-corrected chi connectivity index (χ0v) is 18.5. The molecule has 0 saturated carbocycles. The molecule has 0 aliphatic rings. The molecule has 1 N–H and O–H groups in total. The van der Waals surface area contributed by atoms with Gasteiger partial charge in [-0.25, -0.2) is 0 Å². The van der Waals surface area contributed by atoms with Crippen molar-refractivity contribution in [1.82, 2.24) is 0 Å². The molecule has 1 unspecified atom stereocenters. The summed E-state index contributed by atoms with van der Waals surface area (Å²) in [5.74, 6) is 0.331. The van der Waals surface area contributed by atoms with Gasteiger partial charge >= 0.3 is 46.0 Å². The second kappa shape index (κ2) is 9.12. The molecule has 4 nitrogen and oxygen atoms in total. The monoisotopic (exact) mass is 369 g/mol. The number of benzene rings is 1. The van der Waals surface area contributed by atoms with Crippen molar-refractivity contribution < 1.29 is 21.6 Å². The van der Waals surface area contributed by atoms with Gasteiger partial charge in [-0.05, 0) is 46.6 Å². The van der Waals surface area contributed by atoms with E-state index in [-0.39, 0.29) is 58.0 Å². The third-order valence-corrected chi connectivity index (χ3v) is 4.17. The minimum atomic E-state index is -2.10. The summed E-state index contributed by atoms with van der Waals surface area (Å²) in [5.41, 5.74) is 2.23. The number of rotatable bonds is 5. The van der Waals surface area contributed by atoms with Gasteiger partial charge in [-0.2, -0.15) is 0 Å². The SMILES string of the molecule is CCO[P+](=O)OCc1cc(C(C)(C)C)c(O)c(C(C)(C)C)c1.[Ca+2].[H-].[H-]. The van der Waals surface area contributed by atoms with Crippen LogP contribution in [0.5, 0.6) is 5.75 Å². The molecule has 1 aromatic carbocycles. The van der Waals surface area contributed by atoms with E-state index in [9.17, 15) is 9.67 Å². The first-order valence-corrected chi connectivity index (χ1v) is 8.66. The summed E-state index contributed by atoms with van der Waals surface area (Å²) in [4.78, 5) is 0. The van der Waals surface area contributed by atoms with Gasteiger partial charge in [-0.1, -0.05) is 41.5 Å². The smallest absolute Gasteiger partial charge is 1.00 e. The molecule has 0 aliphatic carbocycles. The number of aromatic hydroxyl groups is 1. The molecule has 6 heteroatoms. The van der Waals surface area contributed by atoms with E-state index >= 15 is 0 Å². The summed E-state index contributed by atoms with van der Waals surface area (Å²) < 4.78 is 21.7. The van der Waals surface area contributed by atoms with Crippen LogP contribution in [-0.4, -0.2) is 49.5 Å². The quantitative estimate of drug-likeness (QED) is 0.583. The van der Waals surface area contributed by atoms with Crippen molar-refractivity contribution in [3.05, 3.63) is 28.8 Å². The van der Waals surface area contributed by atoms with E-state index in [1.165, 1.54) is 0 Å². The van der Waals surface area contributed by atoms with Crippen LogP contribution in [0.25, 0.3) is 0 Å². The first-order chi connectivity index (χ1) is 9.96. The predicted molar refractivity (Wildman–Crippen MR) is 97.5 cm³/mol. The van der Waals surface area contributed by atoms with Crippen molar-refractivity contribution in [2.24, 2.45) is 0 Å². The molecule has 0 aromatic heterocycles. The van der Waals surface area contributed by atoms with Gasteiger partial charge < -0.3 is 7.96 Å². The molecule has 23 heavy (non-hydrogen) atoms. The zero-order chi connectivity index (χ0) is 17.1. The first kappa shape index (κ1) is 23.3. The van der Waals surface area contributed by atoms with E-state index in [0.717, 1.165) is 16.7 Å². The maximum Gasteiger partial charge on any atom is 2.00 e. The van der Waals surface area contributed by atoms with E-state index in [1.54, 1.807) is 6.92 Å². The van der Waals surface area contributed by atoms with Crippen LogP contribution < -0.4 is 0 Å². The van der Waals surface area contributed by atoms with Crippen molar-refractivity contribution in [3.63, 3.8) is 0 Å². The second-order valence-corrected chi connectivity index (χ2v) is 8.42. The fourth-order valence-corrected chi connectivity index (χ4v) is 2.73. The standard InChI is InChI=1S/C17H27O4P.Ca.2H/c1-8-20-22(19)21-11-12-9-13(16(2,3)4)15(18)14(10-12)17(5,6)7;;;/h9-10H,8,11H2,1-7H3;;;/q;+2;2*-1/p+1. The average Bonchev–Trinajstić information content (AvgIpc) is 2.35. The molecule has 0 heterocycles. The number of phenolic OH excluding ortho intramolecular Hbond substituents is 1. The molecule has 0 spiro atoms. The van der Waals surface area contributed by atoms with Gasteiger partial charge in [0, 0.05) is 4.57 Å². The Hall–Kier alpha value is 0.300. The zero-order valence-electron chi connectivity index (χ0n) is 17.4. The Kier molecular flexibility index (Phi) is 9.24. The molecule has 0 aliphatic heterocycles. The molecule has 0 radical (unpaired) electrons. The van der Waals surface area contributed by atoms with Gasteiger partial charge in [0.15, 0.2) is 0 Å². The van der Waals surface area contributed by atoms with Crippen molar-refractivity contribution in [2.75, 3.05) is 6.61 Å². The summed E-state index contributed by atoms with van der Waals surface area (Å²) in [6.07, 6.45) is 0. The number of hydrogen-bond donors (Lipinski definition) is 1. The Morgan fingerprint density at radius 1 is 1.04 bits per heavy atom. The van der Waals surface area contributed by atoms with Gasteiger partial charge in [0.25, 0.3) is 0 Å². The van der Waals surface area contributed by atoms with E-state index in [1.807, 2.05) is 12.1 Å². The van der Waals surface area contributed by atoms with Crippen LogP contribution in [0.2, 0.25) is 0 Å². The topological polar surface area (TPSA) is 55.8 Å². The van der Waals surface area contributed by atoms with Gasteiger partial charge in [-0.15, -0.1) is 9.05 Å². The summed E-state index contributed by atoms with van der Waals surface area (Å²) in [6.45, 7) is 14.7. The molecule has 0 fully saturated rings. The van der Waals surface area contributed by atoms with E-state index in [4.69, 9.17) is 9.05 Å². The fraction of sp³-hybridized carbons (Fsp3) is 0.647. The minimum absolute atomic E-state index is 0. The predicted octanol–water partition coefficient (Wildman–Crippen LogP) is 5.04. The van der Waals surface area contributed by atoms with Gasteiger partial charge in [0.2, 0.25) is 0 Å². The Morgan fingerprint density at radius 2 is 1.48 bits per heavy atom. The van der Waals surface area contributed by atoms with E-state index in [2.05, 4.69) is 41.5 Å². The van der Waals surface area contributed by atoms with Gasteiger partial charge in [0.1, 0.15) is 19.0 Å². The van der Waals surface area contributed by atoms with Crippen LogP contribution in [0.4, 0.5) is 0 Å². The Bertz CT molecular complexity index is 520. The van der Waals surface area contributed by atoms with Crippen molar-refractivity contribution in [3.8, 4) is 5.75 Å². The van der Waals surface area contributed by atoms with Crippen LogP contribution in [0.15, 0.2) is 12.1 Å². The van der Waals surface area contributed by atoms with Crippen molar-refractivity contribution in [1.29, 1.82) is 0 Å². The molecule has 0 amide bonds. The Balaban J connectivity index is -0.00000161. The van der Waals surface area contributed by atoms with Gasteiger partial charge in [-0.3, -0.25) is 0 Å². The van der Waals surface area contributed by atoms with E-state index in [0.29, 0.717) is 12.4 Å². The minimum Gasteiger partial charge on any atom is -1.00 e. The van der Waals surface area contributed by atoms with E-state index < -0.39 is 8.25 Å². The first-order valence-electron chi connectivity index (χ1n) is 7.56. The van der Waals surface area contributed by atoms with Crippen molar-refractivity contribution in [2.45, 2.75) is 65.9 Å². The summed E-state index contributed by atoms with van der Waals surface area (Å²) in [5, 5.41) is 10.6. The fourth-order valence-electron chi connectivity index (χ4n) is 2.19. The summed E-state index contributed by atoms with van der Waals surface area (Å²) in [7, 11) is -2.10. The summed E-state index contributed by atoms with van der Waals surface area (Å²) in [6, 6.07) is 3.83.